The molecular formula is C34H59NO3. The maximum absolute atomic E-state index is 10.5. The minimum atomic E-state index is -0.220. The predicted molar refractivity (Wildman–Crippen MR) is 168 cm³/mol. The van der Waals surface area contributed by atoms with Gasteiger partial charge in [0.25, 0.3) is 0 Å². The van der Waals surface area contributed by atoms with Gasteiger partial charge < -0.3 is 15.2 Å². The Labute approximate surface area is 235 Å². The Hall–Kier alpha value is -2.33. The molecule has 0 saturated heterocycles. The Bertz CT molecular complexity index is 793. The maximum atomic E-state index is 10.5. The number of ketones is 1. The molecule has 38 heavy (non-hydrogen) atoms. The second-order valence-electron chi connectivity index (χ2n) is 9.07. The van der Waals surface area contributed by atoms with Crippen LogP contribution in [0, 0.1) is 0 Å². The molecule has 2 atom stereocenters. The molecule has 1 aromatic rings. The van der Waals surface area contributed by atoms with Crippen molar-refractivity contribution in [2.24, 2.45) is 0 Å². The summed E-state index contributed by atoms with van der Waals surface area (Å²) in [6, 6.07) is 7.36. The molecule has 1 aliphatic heterocycles. The molecule has 0 aliphatic carbocycles. The van der Waals surface area contributed by atoms with E-state index in [1.807, 2.05) is 60.6 Å². The lowest BCUT2D eigenvalue weighted by Gasteiger charge is -2.19. The minimum absolute atomic E-state index is 0.0445. The summed E-state index contributed by atoms with van der Waals surface area (Å²) >= 11 is 0. The number of anilines is 1. The van der Waals surface area contributed by atoms with E-state index >= 15 is 0 Å². The molecule has 1 aromatic carbocycles. The molecular weight excluding hydrogens is 470 g/mol. The Morgan fingerprint density at radius 3 is 2.37 bits per heavy atom. The van der Waals surface area contributed by atoms with Crippen molar-refractivity contribution in [2.75, 3.05) is 11.9 Å². The standard InChI is InChI=1S/C19H31NO.C11H16O2.2C2H6/c1-3-4-5-6-8-16-11-12-19-17(14-16)9-7-10-18(20-19)13-15(2)21;1-4-11(13-5-2)9-7-6-8-10(3)12;2*1-2/h11-12,14-15,18,20-21H,3-10,13H2,1-2H3;4,6-9H,5H2,1-3H3;2*1-2H3/b;8-6+,9-7-,11-4+;;. The normalized spacial score (nSPS) is 15.4. The van der Waals surface area contributed by atoms with Crippen LogP contribution in [0.4, 0.5) is 5.69 Å². The number of benzene rings is 1. The number of ether oxygens (including phenoxy) is 1. The number of nitrogens with one attached hydrogen (secondary N) is 1. The average Bonchev–Trinajstić information content (AvgIpc) is 3.11. The molecule has 1 aliphatic rings. The Kier molecular flexibility index (Phi) is 26.2. The van der Waals surface area contributed by atoms with Crippen LogP contribution in [0.3, 0.4) is 0 Å². The Morgan fingerprint density at radius 1 is 1.11 bits per heavy atom. The van der Waals surface area contributed by atoms with Crippen molar-refractivity contribution >= 4 is 11.5 Å². The van der Waals surface area contributed by atoms with Crippen molar-refractivity contribution < 1.29 is 14.6 Å². The molecule has 0 spiro atoms. The van der Waals surface area contributed by atoms with Crippen LogP contribution in [0.5, 0.6) is 0 Å². The van der Waals surface area contributed by atoms with Crippen molar-refractivity contribution in [1.82, 2.24) is 0 Å². The van der Waals surface area contributed by atoms with Gasteiger partial charge in [0, 0.05) is 11.7 Å². The first-order valence-corrected chi connectivity index (χ1v) is 15.1. The fourth-order valence-corrected chi connectivity index (χ4v) is 4.06. The van der Waals surface area contributed by atoms with E-state index in [-0.39, 0.29) is 11.9 Å². The number of aryl methyl sites for hydroxylation is 2. The van der Waals surface area contributed by atoms with Crippen molar-refractivity contribution in [3.8, 4) is 0 Å². The van der Waals surface area contributed by atoms with E-state index in [1.165, 1.54) is 74.8 Å². The fourth-order valence-electron chi connectivity index (χ4n) is 4.06. The van der Waals surface area contributed by atoms with Gasteiger partial charge in [0.2, 0.25) is 0 Å². The maximum Gasteiger partial charge on any atom is 0.152 e. The van der Waals surface area contributed by atoms with Crippen molar-refractivity contribution in [1.29, 1.82) is 0 Å². The molecule has 0 radical (unpaired) electrons. The van der Waals surface area contributed by atoms with E-state index in [0.29, 0.717) is 12.6 Å². The first-order valence-electron chi connectivity index (χ1n) is 15.1. The van der Waals surface area contributed by atoms with Crippen LogP contribution in [-0.2, 0) is 22.4 Å². The molecule has 2 N–H and O–H groups in total. The molecule has 218 valence electrons. The molecule has 4 nitrogen and oxygen atoms in total. The van der Waals surface area contributed by atoms with E-state index in [4.69, 9.17) is 4.74 Å². The molecule has 0 amide bonds. The largest absolute Gasteiger partial charge is 0.494 e. The Balaban J connectivity index is 0. The van der Waals surface area contributed by atoms with E-state index in [2.05, 4.69) is 30.4 Å². The third-order valence-electron chi connectivity index (χ3n) is 5.77. The number of aliphatic hydroxyl groups is 1. The topological polar surface area (TPSA) is 58.6 Å². The lowest BCUT2D eigenvalue weighted by molar-refractivity contribution is -0.112. The highest BCUT2D eigenvalue weighted by Gasteiger charge is 2.17. The van der Waals surface area contributed by atoms with Gasteiger partial charge in [0.15, 0.2) is 5.78 Å². The van der Waals surface area contributed by atoms with Crippen LogP contribution in [-0.4, -0.2) is 29.6 Å². The van der Waals surface area contributed by atoms with Crippen molar-refractivity contribution in [2.45, 2.75) is 132 Å². The van der Waals surface area contributed by atoms with Crippen LogP contribution in [0.1, 0.15) is 118 Å². The molecule has 0 aromatic heterocycles. The molecule has 1 heterocycles. The zero-order valence-corrected chi connectivity index (χ0v) is 26.1. The fraction of sp³-hybridized carbons (Fsp3) is 0.618. The quantitative estimate of drug-likeness (QED) is 0.122. The van der Waals surface area contributed by atoms with Gasteiger partial charge >= 0.3 is 0 Å². The summed E-state index contributed by atoms with van der Waals surface area (Å²) in [7, 11) is 0. The monoisotopic (exact) mass is 529 g/mol. The highest BCUT2D eigenvalue weighted by molar-refractivity contribution is 5.87. The highest BCUT2D eigenvalue weighted by atomic mass is 16.5. The molecule has 2 rings (SSSR count). The predicted octanol–water partition coefficient (Wildman–Crippen LogP) is 9.38. The van der Waals surface area contributed by atoms with E-state index in [9.17, 15) is 9.90 Å². The van der Waals surface area contributed by atoms with Gasteiger partial charge in [-0.05, 0) is 102 Å². The van der Waals surface area contributed by atoms with Gasteiger partial charge in [0.05, 0.1) is 12.7 Å². The third-order valence-corrected chi connectivity index (χ3v) is 5.77. The van der Waals surface area contributed by atoms with Gasteiger partial charge in [-0.1, -0.05) is 78.2 Å². The number of unbranched alkanes of at least 4 members (excludes halogenated alkanes) is 3. The molecule has 0 saturated carbocycles. The van der Waals surface area contributed by atoms with Gasteiger partial charge in [-0.15, -0.1) is 0 Å². The molecule has 0 fully saturated rings. The molecule has 0 bridgehead atoms. The van der Waals surface area contributed by atoms with Crippen LogP contribution < -0.4 is 5.32 Å². The van der Waals surface area contributed by atoms with Crippen molar-refractivity contribution in [3.05, 3.63) is 65.5 Å². The van der Waals surface area contributed by atoms with Gasteiger partial charge in [-0.3, -0.25) is 4.79 Å². The number of carbonyl (C=O) groups excluding carboxylic acids is 1. The van der Waals surface area contributed by atoms with Crippen LogP contribution >= 0.6 is 0 Å². The molecule has 2 unspecified atom stereocenters. The van der Waals surface area contributed by atoms with Gasteiger partial charge in [-0.2, -0.15) is 0 Å². The number of hydrogen-bond acceptors (Lipinski definition) is 4. The summed E-state index contributed by atoms with van der Waals surface area (Å²) in [6.07, 6.45) is 19.4. The van der Waals surface area contributed by atoms with E-state index < -0.39 is 0 Å². The van der Waals surface area contributed by atoms with Crippen LogP contribution in [0.2, 0.25) is 0 Å². The Morgan fingerprint density at radius 2 is 1.79 bits per heavy atom. The minimum Gasteiger partial charge on any atom is -0.494 e. The molecule has 4 heteroatoms. The first kappa shape index (κ1) is 37.8. The summed E-state index contributed by atoms with van der Waals surface area (Å²) in [5.74, 6) is 0.860. The third kappa shape index (κ3) is 19.7. The van der Waals surface area contributed by atoms with Gasteiger partial charge in [0.1, 0.15) is 5.76 Å². The second-order valence-corrected chi connectivity index (χ2v) is 9.07. The summed E-state index contributed by atoms with van der Waals surface area (Å²) in [4.78, 5) is 10.5. The number of carbonyl (C=O) groups is 1. The van der Waals surface area contributed by atoms with Crippen LogP contribution in [0.25, 0.3) is 0 Å². The number of fused-ring (bicyclic) bond motifs is 1. The SMILES string of the molecule is CC.CC.CCCCCCc1ccc2c(c1)CCCC(CC(C)O)N2.C\C=C(/C=C\C=C\C(C)=O)OCC. The summed E-state index contributed by atoms with van der Waals surface area (Å²) < 4.78 is 5.25. The number of rotatable bonds is 12. The zero-order chi connectivity index (χ0) is 29.2. The summed E-state index contributed by atoms with van der Waals surface area (Å²) in [6.45, 7) is 18.2. The lowest BCUT2D eigenvalue weighted by atomic mass is 10.0. The zero-order valence-electron chi connectivity index (χ0n) is 26.1. The van der Waals surface area contributed by atoms with Gasteiger partial charge in [-0.25, -0.2) is 0 Å². The number of aliphatic hydroxyl groups excluding tert-OH is 1. The summed E-state index contributed by atoms with van der Waals surface area (Å²) in [5.41, 5.74) is 4.24. The van der Waals surface area contributed by atoms with E-state index in [0.717, 1.165) is 18.6 Å². The highest BCUT2D eigenvalue weighted by Crippen LogP contribution is 2.27. The number of hydrogen-bond donors (Lipinski definition) is 2. The smallest absolute Gasteiger partial charge is 0.152 e. The first-order chi connectivity index (χ1) is 18.4. The lowest BCUT2D eigenvalue weighted by Crippen LogP contribution is -2.23. The van der Waals surface area contributed by atoms with Crippen LogP contribution in [0.15, 0.2) is 54.3 Å². The number of allylic oxidation sites excluding steroid dienone is 5. The second kappa shape index (κ2) is 26.3. The summed E-state index contributed by atoms with van der Waals surface area (Å²) in [5, 5.41) is 13.2. The van der Waals surface area contributed by atoms with Crippen molar-refractivity contribution in [3.63, 3.8) is 0 Å². The van der Waals surface area contributed by atoms with E-state index in [1.54, 1.807) is 12.2 Å². The average molecular weight is 530 g/mol.